The van der Waals surface area contributed by atoms with Gasteiger partial charge in [-0.15, -0.1) is 0 Å². The van der Waals surface area contributed by atoms with E-state index in [9.17, 15) is 14.4 Å². The summed E-state index contributed by atoms with van der Waals surface area (Å²) in [4.78, 5) is 38.3. The molecule has 0 aliphatic heterocycles. The van der Waals surface area contributed by atoms with Crippen LogP contribution in [-0.2, 0) is 28.6 Å². The Balaban J connectivity index is 4.29. The van der Waals surface area contributed by atoms with Gasteiger partial charge in [0.25, 0.3) is 0 Å². The molecule has 0 saturated heterocycles. The van der Waals surface area contributed by atoms with E-state index < -0.39 is 6.10 Å². The molecule has 1 atom stereocenters. The molecule has 0 aromatic heterocycles. The summed E-state index contributed by atoms with van der Waals surface area (Å²) >= 11 is 0. The van der Waals surface area contributed by atoms with Gasteiger partial charge in [-0.3, -0.25) is 14.4 Å². The molecule has 0 fully saturated rings. The molecule has 1 unspecified atom stereocenters. The summed E-state index contributed by atoms with van der Waals surface area (Å²) in [6.07, 6.45) is 81.5. The van der Waals surface area contributed by atoms with Crippen molar-refractivity contribution in [1.29, 1.82) is 0 Å². The highest BCUT2D eigenvalue weighted by Gasteiger charge is 2.19. The van der Waals surface area contributed by atoms with Crippen LogP contribution in [0.25, 0.3) is 0 Å². The second-order valence-corrected chi connectivity index (χ2v) is 20.9. The Labute approximate surface area is 458 Å². The van der Waals surface area contributed by atoms with Gasteiger partial charge in [-0.05, 0) is 96.3 Å². The SMILES string of the molecule is CC/C=C\C/C=C\C/C=C\C/C=C\C/C=C\CCCCCCCCCCCCCC(=O)OCC(COC(=O)CCCCCCCCCCCCCCCC)OC(=O)CCCCCCC/C=C\C/C=C\CCCCC. The number of hydrogen-bond acceptors (Lipinski definition) is 6. The minimum Gasteiger partial charge on any atom is -0.462 e. The third kappa shape index (κ3) is 59.5. The van der Waals surface area contributed by atoms with Crippen LogP contribution in [0, 0.1) is 0 Å². The van der Waals surface area contributed by atoms with Crippen LogP contribution in [0.15, 0.2) is 85.1 Å². The first-order chi connectivity index (χ1) is 36.5. The minimum absolute atomic E-state index is 0.0796. The van der Waals surface area contributed by atoms with E-state index in [-0.39, 0.29) is 31.1 Å². The van der Waals surface area contributed by atoms with Crippen molar-refractivity contribution >= 4 is 17.9 Å². The van der Waals surface area contributed by atoms with E-state index in [1.54, 1.807) is 0 Å². The molecule has 0 aromatic carbocycles. The molecule has 0 heterocycles. The molecule has 0 N–H and O–H groups in total. The van der Waals surface area contributed by atoms with Gasteiger partial charge >= 0.3 is 17.9 Å². The predicted octanol–water partition coefficient (Wildman–Crippen LogP) is 21.5. The van der Waals surface area contributed by atoms with Gasteiger partial charge < -0.3 is 14.2 Å². The first-order valence-electron chi connectivity index (χ1n) is 31.6. The van der Waals surface area contributed by atoms with E-state index in [1.807, 2.05) is 0 Å². The summed E-state index contributed by atoms with van der Waals surface area (Å²) in [6, 6.07) is 0. The Morgan fingerprint density at radius 2 is 0.527 bits per heavy atom. The van der Waals surface area contributed by atoms with Crippen LogP contribution in [0.1, 0.15) is 310 Å². The molecule has 0 aromatic rings. The summed E-state index contributed by atoms with van der Waals surface area (Å²) in [5.74, 6) is -0.884. The molecule has 74 heavy (non-hydrogen) atoms. The van der Waals surface area contributed by atoms with Crippen molar-refractivity contribution in [3.63, 3.8) is 0 Å². The van der Waals surface area contributed by atoms with Crippen molar-refractivity contribution in [1.82, 2.24) is 0 Å². The highest BCUT2D eigenvalue weighted by atomic mass is 16.6. The van der Waals surface area contributed by atoms with Gasteiger partial charge in [0, 0.05) is 19.3 Å². The zero-order chi connectivity index (χ0) is 53.6. The maximum Gasteiger partial charge on any atom is 0.306 e. The molecule has 0 rings (SSSR count). The van der Waals surface area contributed by atoms with E-state index in [0.717, 1.165) is 116 Å². The molecule has 0 aliphatic carbocycles. The Kier molecular flexibility index (Phi) is 59.3. The standard InChI is InChI=1S/C68H118O6/c1-4-7-10-13-16-19-22-25-28-29-30-31-32-33-34-35-36-37-38-39-41-43-46-49-52-55-58-61-67(70)73-64-65(63-72-66(69)60-57-54-51-48-45-42-27-24-21-18-15-12-9-6-3)74-68(71)62-59-56-53-50-47-44-40-26-23-20-17-14-11-8-5-2/h7,10,16-17,19-20,25-26,28,30-31,33-34,40,65H,4-6,8-9,11-15,18,21-24,27,29,32,35-39,41-64H2,1-3H3/b10-7-,19-16-,20-17-,28-25-,31-30-,34-33-,40-26-. The van der Waals surface area contributed by atoms with Crippen LogP contribution in [0.5, 0.6) is 0 Å². The normalized spacial score (nSPS) is 12.6. The molecular formula is C68H118O6. The van der Waals surface area contributed by atoms with Crippen LogP contribution < -0.4 is 0 Å². The smallest absolute Gasteiger partial charge is 0.306 e. The number of unbranched alkanes of at least 4 members (excludes halogenated alkanes) is 32. The Morgan fingerprint density at radius 3 is 0.851 bits per heavy atom. The fraction of sp³-hybridized carbons (Fsp3) is 0.750. The van der Waals surface area contributed by atoms with Gasteiger partial charge in [0.15, 0.2) is 6.10 Å². The van der Waals surface area contributed by atoms with Crippen molar-refractivity contribution in [2.24, 2.45) is 0 Å². The first kappa shape index (κ1) is 70.6. The van der Waals surface area contributed by atoms with E-state index in [0.29, 0.717) is 19.3 Å². The number of ether oxygens (including phenoxy) is 3. The average molecular weight is 1030 g/mol. The number of esters is 3. The van der Waals surface area contributed by atoms with Crippen molar-refractivity contribution in [2.75, 3.05) is 13.2 Å². The van der Waals surface area contributed by atoms with Crippen LogP contribution >= 0.6 is 0 Å². The van der Waals surface area contributed by atoms with Gasteiger partial charge in [0.05, 0.1) is 0 Å². The maximum absolute atomic E-state index is 12.9. The Hall–Kier alpha value is -3.41. The van der Waals surface area contributed by atoms with Gasteiger partial charge in [0.2, 0.25) is 0 Å². The van der Waals surface area contributed by atoms with Crippen molar-refractivity contribution in [3.8, 4) is 0 Å². The molecule has 0 saturated carbocycles. The summed E-state index contributed by atoms with van der Waals surface area (Å²) in [7, 11) is 0. The predicted molar refractivity (Wildman–Crippen MR) is 321 cm³/mol. The zero-order valence-corrected chi connectivity index (χ0v) is 48.8. The second-order valence-electron chi connectivity index (χ2n) is 20.9. The van der Waals surface area contributed by atoms with Gasteiger partial charge in [-0.1, -0.05) is 279 Å². The molecule has 0 radical (unpaired) electrons. The number of carbonyl (C=O) groups excluding carboxylic acids is 3. The number of hydrogen-bond donors (Lipinski definition) is 0. The lowest BCUT2D eigenvalue weighted by atomic mass is 10.0. The molecular weight excluding hydrogens is 913 g/mol. The van der Waals surface area contributed by atoms with Crippen LogP contribution in [0.2, 0.25) is 0 Å². The van der Waals surface area contributed by atoms with E-state index in [4.69, 9.17) is 14.2 Å². The quantitative estimate of drug-likeness (QED) is 0.0261. The van der Waals surface area contributed by atoms with Crippen LogP contribution in [0.3, 0.4) is 0 Å². The maximum atomic E-state index is 12.9. The highest BCUT2D eigenvalue weighted by Crippen LogP contribution is 2.16. The van der Waals surface area contributed by atoms with Gasteiger partial charge in [-0.2, -0.15) is 0 Å². The number of rotatable bonds is 57. The van der Waals surface area contributed by atoms with Crippen molar-refractivity contribution in [3.05, 3.63) is 85.1 Å². The van der Waals surface area contributed by atoms with Crippen molar-refractivity contribution in [2.45, 2.75) is 316 Å². The fourth-order valence-electron chi connectivity index (χ4n) is 8.91. The molecule has 0 spiro atoms. The lowest BCUT2D eigenvalue weighted by Gasteiger charge is -2.18. The van der Waals surface area contributed by atoms with Crippen molar-refractivity contribution < 1.29 is 28.6 Å². The first-order valence-corrected chi connectivity index (χ1v) is 31.6. The lowest BCUT2D eigenvalue weighted by molar-refractivity contribution is -0.167. The topological polar surface area (TPSA) is 78.9 Å². The van der Waals surface area contributed by atoms with E-state index in [1.165, 1.54) is 154 Å². The lowest BCUT2D eigenvalue weighted by Crippen LogP contribution is -2.30. The molecule has 6 heteroatoms. The monoisotopic (exact) mass is 1030 g/mol. The molecule has 0 amide bonds. The van der Waals surface area contributed by atoms with E-state index in [2.05, 4.69) is 106 Å². The Bertz CT molecular complexity index is 1420. The fourth-order valence-corrected chi connectivity index (χ4v) is 8.91. The molecule has 426 valence electrons. The average Bonchev–Trinajstić information content (AvgIpc) is 3.40. The Morgan fingerprint density at radius 1 is 0.284 bits per heavy atom. The van der Waals surface area contributed by atoms with E-state index >= 15 is 0 Å². The summed E-state index contributed by atoms with van der Waals surface area (Å²) in [5, 5.41) is 0. The second kappa shape index (κ2) is 62.1. The highest BCUT2D eigenvalue weighted by molar-refractivity contribution is 5.71. The van der Waals surface area contributed by atoms with Crippen LogP contribution in [-0.4, -0.2) is 37.2 Å². The summed E-state index contributed by atoms with van der Waals surface area (Å²) in [5.41, 5.74) is 0. The largest absolute Gasteiger partial charge is 0.462 e. The zero-order valence-electron chi connectivity index (χ0n) is 48.8. The van der Waals surface area contributed by atoms with Gasteiger partial charge in [0.1, 0.15) is 13.2 Å². The molecule has 0 aliphatic rings. The molecule has 6 nitrogen and oxygen atoms in total. The third-order valence-corrected chi connectivity index (χ3v) is 13.6. The van der Waals surface area contributed by atoms with Crippen LogP contribution in [0.4, 0.5) is 0 Å². The summed E-state index contributed by atoms with van der Waals surface area (Å²) < 4.78 is 16.9. The summed E-state index contributed by atoms with van der Waals surface area (Å²) in [6.45, 7) is 6.52. The molecule has 0 bridgehead atoms. The third-order valence-electron chi connectivity index (χ3n) is 13.6. The number of carbonyl (C=O) groups is 3. The minimum atomic E-state index is -0.784. The number of allylic oxidation sites excluding steroid dienone is 14. The van der Waals surface area contributed by atoms with Gasteiger partial charge in [-0.25, -0.2) is 0 Å².